The van der Waals surface area contributed by atoms with Gasteiger partial charge in [-0.25, -0.2) is 9.18 Å². The zero-order chi connectivity index (χ0) is 18.8. The van der Waals surface area contributed by atoms with Gasteiger partial charge in [0.1, 0.15) is 5.82 Å². The fourth-order valence-corrected chi connectivity index (χ4v) is 3.81. The summed E-state index contributed by atoms with van der Waals surface area (Å²) in [5, 5.41) is 9.30. The molecular formula is C19H23FN4O2. The molecule has 2 aliphatic rings. The molecule has 0 aliphatic carbocycles. The number of urea groups is 1. The number of rotatable bonds is 3. The van der Waals surface area contributed by atoms with E-state index in [1.165, 1.54) is 25.2 Å². The molecule has 7 heteroatoms. The van der Waals surface area contributed by atoms with Crippen molar-refractivity contribution in [1.82, 2.24) is 14.7 Å². The summed E-state index contributed by atoms with van der Waals surface area (Å²) in [6.45, 7) is 3.91. The molecule has 0 bridgehead atoms. The number of carbonyl (C=O) groups is 2. The summed E-state index contributed by atoms with van der Waals surface area (Å²) in [7, 11) is 1.46. The molecule has 2 aliphatic heterocycles. The van der Waals surface area contributed by atoms with E-state index in [1.807, 2.05) is 6.07 Å². The topological polar surface area (TPSA) is 67.7 Å². The second-order valence-electron chi connectivity index (χ2n) is 7.20. The summed E-state index contributed by atoms with van der Waals surface area (Å²) in [6, 6.07) is 5.59. The number of imide groups is 1. The summed E-state index contributed by atoms with van der Waals surface area (Å²) in [5.41, 5.74) is 0.795. The van der Waals surface area contributed by atoms with Gasteiger partial charge in [0.2, 0.25) is 5.91 Å². The molecule has 3 rings (SSSR count). The Morgan fingerprint density at radius 2 is 2.12 bits per heavy atom. The lowest BCUT2D eigenvalue weighted by Gasteiger charge is -2.46. The molecule has 6 nitrogen and oxygen atoms in total. The first-order chi connectivity index (χ1) is 12.4. The zero-order valence-electron chi connectivity index (χ0n) is 15.1. The average molecular weight is 358 g/mol. The smallest absolute Gasteiger partial charge is 0.304 e. The zero-order valence-corrected chi connectivity index (χ0v) is 15.1. The molecule has 138 valence electrons. The van der Waals surface area contributed by atoms with Crippen molar-refractivity contribution in [1.29, 1.82) is 5.26 Å². The molecule has 0 aromatic heterocycles. The van der Waals surface area contributed by atoms with Gasteiger partial charge in [0.25, 0.3) is 0 Å². The Bertz CT molecular complexity index is 760. The van der Waals surface area contributed by atoms with Crippen molar-refractivity contribution in [2.24, 2.45) is 5.92 Å². The van der Waals surface area contributed by atoms with Gasteiger partial charge in [0.15, 0.2) is 0 Å². The number of amides is 3. The maximum atomic E-state index is 13.7. The average Bonchev–Trinajstić information content (AvgIpc) is 2.62. The lowest BCUT2D eigenvalue weighted by molar-refractivity contribution is -0.135. The third kappa shape index (κ3) is 3.56. The van der Waals surface area contributed by atoms with E-state index >= 15 is 0 Å². The number of nitrogens with zero attached hydrogens (tertiary/aromatic N) is 4. The van der Waals surface area contributed by atoms with Crippen LogP contribution in [0.25, 0.3) is 0 Å². The van der Waals surface area contributed by atoms with E-state index in [-0.39, 0.29) is 25.0 Å². The highest BCUT2D eigenvalue weighted by atomic mass is 19.1. The highest BCUT2D eigenvalue weighted by Crippen LogP contribution is 2.27. The van der Waals surface area contributed by atoms with E-state index in [0.717, 1.165) is 30.8 Å². The van der Waals surface area contributed by atoms with Crippen LogP contribution in [-0.4, -0.2) is 52.9 Å². The van der Waals surface area contributed by atoms with Gasteiger partial charge in [-0.1, -0.05) is 6.92 Å². The number of halogens is 1. The van der Waals surface area contributed by atoms with E-state index < -0.39 is 11.8 Å². The van der Waals surface area contributed by atoms with Crippen LogP contribution >= 0.6 is 0 Å². The van der Waals surface area contributed by atoms with Crippen molar-refractivity contribution in [2.45, 2.75) is 38.9 Å². The minimum Gasteiger partial charge on any atom is -0.304 e. The normalized spacial score (nSPS) is 24.7. The van der Waals surface area contributed by atoms with Crippen LogP contribution in [0.2, 0.25) is 0 Å². The number of hydrogen-bond donors (Lipinski definition) is 0. The van der Waals surface area contributed by atoms with Gasteiger partial charge in [-0.15, -0.1) is 0 Å². The third-order valence-electron chi connectivity index (χ3n) is 5.26. The van der Waals surface area contributed by atoms with E-state index in [1.54, 1.807) is 4.90 Å². The van der Waals surface area contributed by atoms with Crippen LogP contribution in [0.3, 0.4) is 0 Å². The summed E-state index contributed by atoms with van der Waals surface area (Å²) < 4.78 is 13.7. The summed E-state index contributed by atoms with van der Waals surface area (Å²) in [4.78, 5) is 29.9. The second kappa shape index (κ2) is 7.42. The Morgan fingerprint density at radius 3 is 2.81 bits per heavy atom. The van der Waals surface area contributed by atoms with Crippen LogP contribution in [0.15, 0.2) is 18.2 Å². The summed E-state index contributed by atoms with van der Waals surface area (Å²) >= 11 is 0. The Labute approximate surface area is 152 Å². The fraction of sp³-hybridized carbons (Fsp3) is 0.526. The van der Waals surface area contributed by atoms with Crippen LogP contribution < -0.4 is 0 Å². The summed E-state index contributed by atoms with van der Waals surface area (Å²) in [6.07, 6.45) is 2.01. The Hall–Kier alpha value is -2.46. The van der Waals surface area contributed by atoms with Crippen molar-refractivity contribution in [3.8, 4) is 6.07 Å². The van der Waals surface area contributed by atoms with E-state index in [4.69, 9.17) is 0 Å². The highest BCUT2D eigenvalue weighted by Gasteiger charge is 2.40. The number of nitriles is 1. The van der Waals surface area contributed by atoms with Gasteiger partial charge >= 0.3 is 6.03 Å². The molecule has 0 radical (unpaired) electrons. The highest BCUT2D eigenvalue weighted by molar-refractivity contribution is 5.96. The third-order valence-corrected chi connectivity index (χ3v) is 5.26. The van der Waals surface area contributed by atoms with Crippen molar-refractivity contribution in [2.75, 3.05) is 20.1 Å². The predicted molar refractivity (Wildman–Crippen MR) is 93.2 cm³/mol. The molecule has 1 aromatic rings. The Morgan fingerprint density at radius 1 is 1.35 bits per heavy atom. The molecular weight excluding hydrogens is 335 g/mol. The van der Waals surface area contributed by atoms with E-state index in [0.29, 0.717) is 17.0 Å². The van der Waals surface area contributed by atoms with Crippen molar-refractivity contribution in [3.63, 3.8) is 0 Å². The number of likely N-dealkylation sites (tertiary alicyclic amines) is 1. The number of piperidine rings is 1. The van der Waals surface area contributed by atoms with Crippen LogP contribution in [0.1, 0.15) is 37.3 Å². The molecule has 3 amide bonds. The van der Waals surface area contributed by atoms with Gasteiger partial charge in [-0.3, -0.25) is 14.6 Å². The van der Waals surface area contributed by atoms with Gasteiger partial charge in [-0.2, -0.15) is 5.26 Å². The van der Waals surface area contributed by atoms with Gasteiger partial charge < -0.3 is 4.90 Å². The van der Waals surface area contributed by atoms with E-state index in [2.05, 4.69) is 11.8 Å². The maximum Gasteiger partial charge on any atom is 0.328 e. The van der Waals surface area contributed by atoms with Gasteiger partial charge in [0.05, 0.1) is 30.8 Å². The van der Waals surface area contributed by atoms with E-state index in [9.17, 15) is 19.2 Å². The molecule has 2 atom stereocenters. The molecule has 2 heterocycles. The molecule has 2 fully saturated rings. The summed E-state index contributed by atoms with van der Waals surface area (Å²) in [5.74, 6) is -0.162. The number of carbonyl (C=O) groups excluding carboxylic acids is 2. The molecule has 2 saturated heterocycles. The maximum absolute atomic E-state index is 13.7. The van der Waals surface area contributed by atoms with Crippen LogP contribution in [0, 0.1) is 23.1 Å². The minimum atomic E-state index is -0.448. The molecule has 2 unspecified atom stereocenters. The lowest BCUT2D eigenvalue weighted by atomic mass is 9.98. The number of hydrogen-bond acceptors (Lipinski definition) is 4. The first kappa shape index (κ1) is 18.3. The second-order valence-corrected chi connectivity index (χ2v) is 7.20. The molecule has 26 heavy (non-hydrogen) atoms. The monoisotopic (exact) mass is 358 g/mol. The van der Waals surface area contributed by atoms with Crippen LogP contribution in [-0.2, 0) is 11.3 Å². The Balaban J connectivity index is 1.92. The first-order valence-electron chi connectivity index (χ1n) is 8.90. The number of benzene rings is 1. The lowest BCUT2D eigenvalue weighted by Crippen LogP contribution is -2.62. The molecule has 0 saturated carbocycles. The standard InChI is InChI=1S/C19H23FN4O2/c1-13-4-3-7-23(11-13)17-9-18(25)22(2)19(26)24(17)12-15-8-16(20)6-5-14(15)10-21/h5-6,8,13,17H,3-4,7,9,11-12H2,1-2H3. The fourth-order valence-electron chi connectivity index (χ4n) is 3.81. The van der Waals surface area contributed by atoms with Crippen LogP contribution in [0.4, 0.5) is 9.18 Å². The molecule has 0 spiro atoms. The quantitative estimate of drug-likeness (QED) is 0.833. The van der Waals surface area contributed by atoms with Crippen molar-refractivity contribution in [3.05, 3.63) is 35.1 Å². The first-order valence-corrected chi connectivity index (χ1v) is 8.90. The van der Waals surface area contributed by atoms with Crippen LogP contribution in [0.5, 0.6) is 0 Å². The largest absolute Gasteiger partial charge is 0.328 e. The molecule has 0 N–H and O–H groups in total. The Kier molecular flexibility index (Phi) is 5.23. The SMILES string of the molecule is CC1CCCN(C2CC(=O)N(C)C(=O)N2Cc2cc(F)ccc2C#N)C1. The van der Waals surface area contributed by atoms with Crippen molar-refractivity contribution < 1.29 is 14.0 Å². The predicted octanol–water partition coefficient (Wildman–Crippen LogP) is 2.54. The van der Waals surface area contributed by atoms with Crippen molar-refractivity contribution >= 4 is 11.9 Å². The minimum absolute atomic E-state index is 0.104. The van der Waals surface area contributed by atoms with Gasteiger partial charge in [0, 0.05) is 20.1 Å². The molecule has 1 aromatic carbocycles. The van der Waals surface area contributed by atoms with Gasteiger partial charge in [-0.05, 0) is 42.5 Å².